The fourth-order valence-corrected chi connectivity index (χ4v) is 3.49. The van der Waals surface area contributed by atoms with Crippen LogP contribution in [0.15, 0.2) is 54.3 Å². The molecule has 0 aliphatic rings. The molecule has 3 heterocycles. The van der Waals surface area contributed by atoms with Crippen molar-refractivity contribution in [3.63, 3.8) is 0 Å². The maximum Gasteiger partial charge on any atom is 0.280 e. The van der Waals surface area contributed by atoms with Crippen LogP contribution in [0.25, 0.3) is 16.9 Å². The molecule has 4 aromatic rings. The number of nitrogens with one attached hydrogen (secondary N) is 1. The third-order valence-corrected chi connectivity index (χ3v) is 5.03. The van der Waals surface area contributed by atoms with Gasteiger partial charge in [0, 0.05) is 17.1 Å². The zero-order valence-corrected chi connectivity index (χ0v) is 14.6. The molecular formula is C17H14N6O2S. The average Bonchev–Trinajstić information content (AvgIpc) is 3.29. The van der Waals surface area contributed by atoms with Crippen molar-refractivity contribution in [3.05, 3.63) is 69.3 Å². The van der Waals surface area contributed by atoms with Gasteiger partial charge in [0.05, 0.1) is 27.4 Å². The molecule has 0 aliphatic carbocycles. The molecule has 1 atom stereocenters. The van der Waals surface area contributed by atoms with Crippen molar-refractivity contribution in [3.8, 4) is 5.82 Å². The summed E-state index contributed by atoms with van der Waals surface area (Å²) >= 11 is 1.33. The highest BCUT2D eigenvalue weighted by atomic mass is 32.1. The van der Waals surface area contributed by atoms with Gasteiger partial charge in [0.1, 0.15) is 12.1 Å². The van der Waals surface area contributed by atoms with Gasteiger partial charge in [-0.2, -0.15) is 4.98 Å². The molecule has 4 rings (SSSR count). The third-order valence-electron chi connectivity index (χ3n) is 3.93. The second-order valence-electron chi connectivity index (χ2n) is 5.67. The fourth-order valence-electron chi connectivity index (χ4n) is 2.62. The van der Waals surface area contributed by atoms with Crippen LogP contribution in [-0.2, 0) is 0 Å². The van der Waals surface area contributed by atoms with E-state index in [1.807, 2.05) is 35.8 Å². The minimum Gasteiger partial charge on any atom is -0.347 e. The first-order valence-corrected chi connectivity index (χ1v) is 8.74. The number of nitrogens with zero attached hydrogens (tertiary/aromatic N) is 5. The zero-order chi connectivity index (χ0) is 18.1. The van der Waals surface area contributed by atoms with Gasteiger partial charge in [0.2, 0.25) is 5.95 Å². The van der Waals surface area contributed by atoms with E-state index in [-0.39, 0.29) is 11.7 Å². The van der Waals surface area contributed by atoms with Crippen LogP contribution < -0.4 is 5.32 Å². The molecule has 3 aromatic heterocycles. The molecule has 0 saturated heterocycles. The summed E-state index contributed by atoms with van der Waals surface area (Å²) in [5.74, 6) is 1.14. The van der Waals surface area contributed by atoms with Crippen molar-refractivity contribution < 1.29 is 4.92 Å². The Labute approximate surface area is 152 Å². The number of para-hydroxylation sites is 2. The third kappa shape index (κ3) is 3.00. The topological polar surface area (TPSA) is 98.8 Å². The largest absolute Gasteiger partial charge is 0.347 e. The normalized spacial score (nSPS) is 12.2. The Balaban J connectivity index is 1.60. The molecule has 0 aliphatic heterocycles. The molecule has 1 N–H and O–H groups in total. The minimum atomic E-state index is -0.395. The first kappa shape index (κ1) is 16.2. The SMILES string of the molecule is CC(Nc1nccc(-n2cnc3ccccc32)n1)c1cc([N+](=O)[O-])cs1. The number of thiophene rings is 1. The van der Waals surface area contributed by atoms with Crippen molar-refractivity contribution in [2.75, 3.05) is 5.32 Å². The van der Waals surface area contributed by atoms with Crippen LogP contribution in [0.5, 0.6) is 0 Å². The van der Waals surface area contributed by atoms with Gasteiger partial charge < -0.3 is 5.32 Å². The molecular weight excluding hydrogens is 352 g/mol. The van der Waals surface area contributed by atoms with Crippen LogP contribution in [0, 0.1) is 10.1 Å². The van der Waals surface area contributed by atoms with E-state index in [1.54, 1.807) is 24.7 Å². The van der Waals surface area contributed by atoms with Gasteiger partial charge in [0.25, 0.3) is 5.69 Å². The summed E-state index contributed by atoms with van der Waals surface area (Å²) in [6.45, 7) is 1.91. The summed E-state index contributed by atoms with van der Waals surface area (Å²) in [6, 6.07) is 11.0. The monoisotopic (exact) mass is 366 g/mol. The number of hydrogen-bond acceptors (Lipinski definition) is 7. The van der Waals surface area contributed by atoms with Crippen molar-refractivity contribution in [1.29, 1.82) is 0 Å². The van der Waals surface area contributed by atoms with Gasteiger partial charge >= 0.3 is 0 Å². The van der Waals surface area contributed by atoms with Crippen LogP contribution in [0.2, 0.25) is 0 Å². The molecule has 0 fully saturated rings. The highest BCUT2D eigenvalue weighted by Crippen LogP contribution is 2.28. The fraction of sp³-hybridized carbons (Fsp3) is 0.118. The molecule has 0 amide bonds. The Hall–Kier alpha value is -3.33. The second kappa shape index (κ2) is 6.52. The molecule has 1 unspecified atom stereocenters. The number of benzene rings is 1. The number of imidazole rings is 1. The Morgan fingerprint density at radius 3 is 2.92 bits per heavy atom. The predicted octanol–water partition coefficient (Wildman–Crippen LogP) is 3.96. The second-order valence-corrected chi connectivity index (χ2v) is 6.61. The van der Waals surface area contributed by atoms with Gasteiger partial charge in [-0.3, -0.25) is 14.7 Å². The number of anilines is 1. The lowest BCUT2D eigenvalue weighted by Gasteiger charge is -2.12. The molecule has 0 saturated carbocycles. The van der Waals surface area contributed by atoms with E-state index in [4.69, 9.17) is 0 Å². The number of nitro groups is 1. The van der Waals surface area contributed by atoms with Crippen LogP contribution in [0.4, 0.5) is 11.6 Å². The standard InChI is InChI=1S/C17H14N6O2S/c1-11(15-8-12(9-26-15)23(24)25)20-17-18-7-6-16(21-17)22-10-19-13-4-2-3-5-14(13)22/h2-11H,1H3,(H,18,20,21). The van der Waals surface area contributed by atoms with Crippen LogP contribution in [0.3, 0.4) is 0 Å². The van der Waals surface area contributed by atoms with E-state index in [0.717, 1.165) is 15.9 Å². The van der Waals surface area contributed by atoms with Crippen LogP contribution in [-0.4, -0.2) is 24.4 Å². The molecule has 130 valence electrons. The quantitative estimate of drug-likeness (QED) is 0.424. The molecule has 0 bridgehead atoms. The molecule has 1 aromatic carbocycles. The predicted molar refractivity (Wildman–Crippen MR) is 99.7 cm³/mol. The molecule has 0 spiro atoms. The molecule has 26 heavy (non-hydrogen) atoms. The Bertz CT molecular complexity index is 1090. The van der Waals surface area contributed by atoms with E-state index in [0.29, 0.717) is 11.8 Å². The Kier molecular flexibility index (Phi) is 4.05. The summed E-state index contributed by atoms with van der Waals surface area (Å²) in [5.41, 5.74) is 1.94. The van der Waals surface area contributed by atoms with E-state index >= 15 is 0 Å². The molecule has 0 radical (unpaired) electrons. The number of fused-ring (bicyclic) bond motifs is 1. The summed E-state index contributed by atoms with van der Waals surface area (Å²) < 4.78 is 1.89. The van der Waals surface area contributed by atoms with Gasteiger partial charge in [-0.15, -0.1) is 11.3 Å². The van der Waals surface area contributed by atoms with Crippen molar-refractivity contribution in [2.45, 2.75) is 13.0 Å². The minimum absolute atomic E-state index is 0.0956. The maximum absolute atomic E-state index is 10.8. The van der Waals surface area contributed by atoms with E-state index in [1.165, 1.54) is 16.7 Å². The van der Waals surface area contributed by atoms with E-state index < -0.39 is 4.92 Å². The highest BCUT2D eigenvalue weighted by Gasteiger charge is 2.15. The van der Waals surface area contributed by atoms with Crippen molar-refractivity contribution in [2.24, 2.45) is 0 Å². The summed E-state index contributed by atoms with van der Waals surface area (Å²) in [6.07, 6.45) is 3.39. The van der Waals surface area contributed by atoms with Gasteiger partial charge in [-0.1, -0.05) is 12.1 Å². The lowest BCUT2D eigenvalue weighted by Crippen LogP contribution is -2.09. The first-order valence-electron chi connectivity index (χ1n) is 7.86. The van der Waals surface area contributed by atoms with Gasteiger partial charge in [-0.05, 0) is 25.1 Å². The summed E-state index contributed by atoms with van der Waals surface area (Å²) in [5, 5.41) is 15.6. The average molecular weight is 366 g/mol. The number of hydrogen-bond donors (Lipinski definition) is 1. The number of rotatable bonds is 5. The summed E-state index contributed by atoms with van der Waals surface area (Å²) in [7, 11) is 0. The Morgan fingerprint density at radius 2 is 2.12 bits per heavy atom. The summed E-state index contributed by atoms with van der Waals surface area (Å²) in [4.78, 5) is 24.5. The molecule has 8 nitrogen and oxygen atoms in total. The molecule has 9 heteroatoms. The van der Waals surface area contributed by atoms with E-state index in [9.17, 15) is 10.1 Å². The van der Waals surface area contributed by atoms with Crippen LogP contribution >= 0.6 is 11.3 Å². The van der Waals surface area contributed by atoms with Gasteiger partial charge in [0.15, 0.2) is 0 Å². The van der Waals surface area contributed by atoms with Crippen molar-refractivity contribution in [1.82, 2.24) is 19.5 Å². The van der Waals surface area contributed by atoms with Crippen LogP contribution in [0.1, 0.15) is 17.8 Å². The first-order chi connectivity index (χ1) is 12.6. The van der Waals surface area contributed by atoms with Crippen molar-refractivity contribution >= 4 is 34.0 Å². The Morgan fingerprint density at radius 1 is 1.27 bits per heavy atom. The maximum atomic E-state index is 10.8. The highest BCUT2D eigenvalue weighted by molar-refractivity contribution is 7.10. The lowest BCUT2D eigenvalue weighted by molar-refractivity contribution is -0.384. The zero-order valence-electron chi connectivity index (χ0n) is 13.7. The lowest BCUT2D eigenvalue weighted by atomic mass is 10.3. The number of aromatic nitrogens is 4. The van der Waals surface area contributed by atoms with Gasteiger partial charge in [-0.25, -0.2) is 9.97 Å². The smallest absolute Gasteiger partial charge is 0.280 e. The van der Waals surface area contributed by atoms with E-state index in [2.05, 4.69) is 20.3 Å².